The number of hydrogen-bond acceptors (Lipinski definition) is 8. The van der Waals surface area contributed by atoms with Crippen LogP contribution in [-0.4, -0.2) is 48.1 Å². The molecule has 0 heterocycles. The Kier molecular flexibility index (Phi) is 15.2. The first kappa shape index (κ1) is 48.3. The zero-order valence-electron chi connectivity index (χ0n) is 35.2. The molecule has 8 nitrogen and oxygen atoms in total. The summed E-state index contributed by atoms with van der Waals surface area (Å²) in [7, 11) is 2.28. The van der Waals surface area contributed by atoms with Gasteiger partial charge in [-0.25, -0.2) is 4.79 Å². The van der Waals surface area contributed by atoms with E-state index in [0.717, 1.165) is 49.6 Å². The molecule has 0 aliphatic carbocycles. The van der Waals surface area contributed by atoms with Crippen molar-refractivity contribution in [1.29, 1.82) is 0 Å². The summed E-state index contributed by atoms with van der Waals surface area (Å²) in [5.74, 6) is -1.65. The molecular weight excluding hydrogens is 794 g/mol. The van der Waals surface area contributed by atoms with Crippen LogP contribution in [0.25, 0.3) is 12.2 Å². The van der Waals surface area contributed by atoms with Crippen molar-refractivity contribution >= 4 is 29.7 Å². The van der Waals surface area contributed by atoms with Crippen LogP contribution < -0.4 is 14.2 Å². The zero-order chi connectivity index (χ0) is 45.5. The number of hydrogen-bond donors (Lipinski definition) is 1. The number of carbonyl (C=O) groups excluding carboxylic acids is 3. The maximum absolute atomic E-state index is 13.3. The lowest BCUT2D eigenvalue weighted by Gasteiger charge is -2.30. The Hall–Kier alpha value is -6.05. The molecule has 14 heteroatoms. The third-order valence-electron chi connectivity index (χ3n) is 8.68. The Labute approximate surface area is 345 Å². The number of alkyl halides is 6. The number of benzene rings is 4. The van der Waals surface area contributed by atoms with E-state index in [2.05, 4.69) is 0 Å². The van der Waals surface area contributed by atoms with Crippen molar-refractivity contribution in [3.05, 3.63) is 128 Å². The fraction of sp³-hybridized carbons (Fsp3) is 0.326. The van der Waals surface area contributed by atoms with E-state index in [9.17, 15) is 45.8 Å². The average molecular weight is 843 g/mol. The number of phenols is 1. The lowest BCUT2D eigenvalue weighted by Crippen LogP contribution is -2.43. The van der Waals surface area contributed by atoms with Crippen molar-refractivity contribution in [2.24, 2.45) is 0 Å². The maximum atomic E-state index is 13.3. The first-order chi connectivity index (χ1) is 27.6. The molecule has 0 bridgehead atoms. The molecule has 322 valence electrons. The minimum absolute atomic E-state index is 0.0865. The predicted octanol–water partition coefficient (Wildman–Crippen LogP) is 11.7. The fourth-order valence-corrected chi connectivity index (χ4v) is 5.73. The third kappa shape index (κ3) is 13.0. The Morgan fingerprint density at radius 3 is 1.28 bits per heavy atom. The minimum Gasteiger partial charge on any atom is -0.507 e. The van der Waals surface area contributed by atoms with Gasteiger partial charge in [-0.3, -0.25) is 9.59 Å². The van der Waals surface area contributed by atoms with Crippen molar-refractivity contribution in [3.8, 4) is 23.0 Å². The van der Waals surface area contributed by atoms with Gasteiger partial charge in [0, 0.05) is 11.1 Å². The highest BCUT2D eigenvalue weighted by molar-refractivity contribution is 6.07. The molecule has 0 atom stereocenters. The number of ketones is 2. The van der Waals surface area contributed by atoms with Gasteiger partial charge in [0.1, 0.15) is 28.6 Å². The summed E-state index contributed by atoms with van der Waals surface area (Å²) < 4.78 is 99.7. The number of phenolic OH excluding ortho intramolecular Hbond substituents is 1. The van der Waals surface area contributed by atoms with Gasteiger partial charge in [-0.15, -0.1) is 0 Å². The molecule has 0 unspecified atom stereocenters. The van der Waals surface area contributed by atoms with E-state index in [1.807, 2.05) is 0 Å². The highest BCUT2D eigenvalue weighted by Gasteiger charge is 2.37. The third-order valence-corrected chi connectivity index (χ3v) is 8.68. The van der Waals surface area contributed by atoms with Gasteiger partial charge in [0.15, 0.2) is 17.2 Å². The molecule has 4 aromatic carbocycles. The van der Waals surface area contributed by atoms with E-state index in [0.29, 0.717) is 28.0 Å². The van der Waals surface area contributed by atoms with Crippen molar-refractivity contribution in [2.75, 3.05) is 14.2 Å². The van der Waals surface area contributed by atoms with E-state index < -0.39 is 52.2 Å². The van der Waals surface area contributed by atoms with Crippen LogP contribution in [0.3, 0.4) is 0 Å². The van der Waals surface area contributed by atoms with Gasteiger partial charge in [-0.05, 0) is 169 Å². The van der Waals surface area contributed by atoms with E-state index in [1.165, 1.54) is 36.4 Å². The molecule has 0 aliphatic heterocycles. The molecule has 60 heavy (non-hydrogen) atoms. The van der Waals surface area contributed by atoms with Crippen LogP contribution in [0.5, 0.6) is 23.0 Å². The van der Waals surface area contributed by atoms with Gasteiger partial charge in [0.05, 0.1) is 25.3 Å². The molecule has 0 amide bonds. The van der Waals surface area contributed by atoms with Crippen LogP contribution in [0.15, 0.2) is 72.8 Å². The molecule has 0 aromatic heterocycles. The molecule has 0 fully saturated rings. The van der Waals surface area contributed by atoms with E-state index >= 15 is 0 Å². The number of ether oxygens (including phenoxy) is 4. The standard InChI is InChI=1S/C27H31F3O5.C19H17F3O3/c1-16-13-18(14-17(2)23(16)34-26(6,7)24(32)35-25(3,4)5)9-11-21(31)19-10-12-22(33-8)20(15-19)27(28,29)30;1-11-8-13(9-12(2)18(11)24)4-6-16(23)14-5-7-17(25-3)15(10-14)19(20,21)22/h9-15H,1-8H3;4-10,24H,1-3H3/b11-9+;6-4+. The molecular formula is C46H48F6O8. The van der Waals surface area contributed by atoms with Crippen molar-refractivity contribution in [1.82, 2.24) is 0 Å². The smallest absolute Gasteiger partial charge is 0.419 e. The van der Waals surface area contributed by atoms with E-state index in [4.69, 9.17) is 18.9 Å². The summed E-state index contributed by atoms with van der Waals surface area (Å²) in [4.78, 5) is 37.3. The second-order valence-corrected chi connectivity index (χ2v) is 15.3. The monoisotopic (exact) mass is 842 g/mol. The summed E-state index contributed by atoms with van der Waals surface area (Å²) >= 11 is 0. The Balaban J connectivity index is 0.000000338. The van der Waals surface area contributed by atoms with Crippen LogP contribution in [0.1, 0.15) is 99.8 Å². The molecule has 4 aromatic rings. The summed E-state index contributed by atoms with van der Waals surface area (Å²) in [6.45, 7) is 15.6. The Morgan fingerprint density at radius 1 is 0.583 bits per heavy atom. The van der Waals surface area contributed by atoms with Crippen LogP contribution in [0.4, 0.5) is 26.3 Å². The van der Waals surface area contributed by atoms with Crippen molar-refractivity contribution in [2.45, 2.75) is 85.9 Å². The normalized spacial score (nSPS) is 12.2. The number of allylic oxidation sites excluding steroid dienone is 2. The number of methoxy groups -OCH3 is 2. The van der Waals surface area contributed by atoms with Crippen LogP contribution in [-0.2, 0) is 21.9 Å². The lowest BCUT2D eigenvalue weighted by atomic mass is 10.0. The molecule has 0 aliphatic rings. The number of rotatable bonds is 11. The van der Waals surface area contributed by atoms with Crippen LogP contribution in [0.2, 0.25) is 0 Å². The van der Waals surface area contributed by atoms with Crippen LogP contribution >= 0.6 is 0 Å². The minimum atomic E-state index is -4.65. The van der Waals surface area contributed by atoms with Crippen molar-refractivity contribution < 1.29 is 64.8 Å². The molecule has 1 N–H and O–H groups in total. The quantitative estimate of drug-likeness (QED) is 0.0688. The number of carbonyl (C=O) groups is 3. The summed E-state index contributed by atoms with van der Waals surface area (Å²) in [6.07, 6.45) is -3.84. The van der Waals surface area contributed by atoms with Gasteiger partial charge >= 0.3 is 18.3 Å². The second kappa shape index (κ2) is 18.9. The summed E-state index contributed by atoms with van der Waals surface area (Å²) in [5.41, 5.74) is -0.0361. The molecule has 0 spiro atoms. The van der Waals surface area contributed by atoms with Crippen LogP contribution in [0, 0.1) is 27.7 Å². The molecule has 0 radical (unpaired) electrons. The Bertz CT molecular complexity index is 2250. The summed E-state index contributed by atoms with van der Waals surface area (Å²) in [6, 6.07) is 13.2. The second-order valence-electron chi connectivity index (χ2n) is 15.3. The van der Waals surface area contributed by atoms with Gasteiger partial charge in [0.25, 0.3) is 0 Å². The van der Waals surface area contributed by atoms with E-state index in [1.54, 1.807) is 86.6 Å². The van der Waals surface area contributed by atoms with Gasteiger partial charge in [-0.2, -0.15) is 26.3 Å². The van der Waals surface area contributed by atoms with Gasteiger partial charge in [-0.1, -0.05) is 12.2 Å². The number of esters is 1. The molecule has 4 rings (SSSR count). The first-order valence-corrected chi connectivity index (χ1v) is 18.4. The largest absolute Gasteiger partial charge is 0.507 e. The van der Waals surface area contributed by atoms with Gasteiger partial charge < -0.3 is 24.1 Å². The highest BCUT2D eigenvalue weighted by atomic mass is 19.4. The zero-order valence-corrected chi connectivity index (χ0v) is 35.2. The predicted molar refractivity (Wildman–Crippen MR) is 217 cm³/mol. The average Bonchev–Trinajstić information content (AvgIpc) is 3.14. The van der Waals surface area contributed by atoms with Crippen molar-refractivity contribution in [3.63, 3.8) is 0 Å². The molecule has 0 saturated heterocycles. The molecule has 0 saturated carbocycles. The SMILES string of the molecule is COc1ccc(C(=O)/C=C/c2cc(C)c(O)c(C)c2)cc1C(F)(F)F.COc1ccc(C(=O)/C=C/c2cc(C)c(OC(C)(C)C(=O)OC(C)(C)C)c(C)c2)cc1C(F)(F)F. The summed E-state index contributed by atoms with van der Waals surface area (Å²) in [5, 5.41) is 9.73. The number of aryl methyl sites for hydroxylation is 4. The first-order valence-electron chi connectivity index (χ1n) is 18.4. The highest BCUT2D eigenvalue weighted by Crippen LogP contribution is 2.38. The van der Waals surface area contributed by atoms with E-state index in [-0.39, 0.29) is 28.4 Å². The number of aromatic hydroxyl groups is 1. The maximum Gasteiger partial charge on any atom is 0.419 e. The lowest BCUT2D eigenvalue weighted by molar-refractivity contribution is -0.171. The fourth-order valence-electron chi connectivity index (χ4n) is 5.73. The topological polar surface area (TPSA) is 108 Å². The Morgan fingerprint density at radius 2 is 0.950 bits per heavy atom. The number of halogens is 6. The van der Waals surface area contributed by atoms with Gasteiger partial charge in [0.2, 0.25) is 0 Å².